The van der Waals surface area contributed by atoms with E-state index in [9.17, 15) is 9.59 Å². The summed E-state index contributed by atoms with van der Waals surface area (Å²) in [5, 5.41) is 0. The molecule has 1 saturated carbocycles. The molecule has 1 fully saturated rings. The average molecular weight is 236 g/mol. The lowest BCUT2D eigenvalue weighted by molar-refractivity contribution is 0.0560. The molecule has 4 heteroatoms. The van der Waals surface area contributed by atoms with Crippen molar-refractivity contribution in [3.05, 3.63) is 23.7 Å². The highest BCUT2D eigenvalue weighted by molar-refractivity contribution is 5.99. The molecule has 1 aliphatic rings. The van der Waals surface area contributed by atoms with E-state index in [-0.39, 0.29) is 22.7 Å². The lowest BCUT2D eigenvalue weighted by atomic mass is 9.83. The second-order valence-electron chi connectivity index (χ2n) is 4.75. The van der Waals surface area contributed by atoms with Crippen LogP contribution in [0.4, 0.5) is 0 Å². The number of ketones is 1. The van der Waals surface area contributed by atoms with E-state index in [4.69, 9.17) is 4.42 Å². The maximum absolute atomic E-state index is 12.2. The summed E-state index contributed by atoms with van der Waals surface area (Å²) in [6.07, 6.45) is 3.93. The van der Waals surface area contributed by atoms with Gasteiger partial charge in [0.2, 0.25) is 11.5 Å². The first-order chi connectivity index (χ1) is 8.07. The maximum atomic E-state index is 12.2. The third-order valence-corrected chi connectivity index (χ3v) is 3.47. The van der Waals surface area contributed by atoms with Gasteiger partial charge in [0.15, 0.2) is 5.76 Å². The van der Waals surface area contributed by atoms with Gasteiger partial charge in [-0.1, -0.05) is 19.8 Å². The van der Waals surface area contributed by atoms with E-state index in [0.29, 0.717) is 0 Å². The smallest absolute Gasteiger partial charge is 0.373 e. The molecule has 0 spiro atoms. The summed E-state index contributed by atoms with van der Waals surface area (Å²) in [4.78, 5) is 23.5. The van der Waals surface area contributed by atoms with Crippen molar-refractivity contribution >= 4 is 11.8 Å². The summed E-state index contributed by atoms with van der Waals surface area (Å²) in [6.45, 7) is 1.96. The Kier molecular flexibility index (Phi) is 3.05. The van der Waals surface area contributed by atoms with E-state index in [0.717, 1.165) is 25.7 Å². The van der Waals surface area contributed by atoms with Crippen molar-refractivity contribution in [1.29, 1.82) is 0 Å². The summed E-state index contributed by atoms with van der Waals surface area (Å²) in [6, 6.07) is 3.04. The molecule has 0 radical (unpaired) electrons. The molecule has 92 valence electrons. The van der Waals surface area contributed by atoms with Gasteiger partial charge in [0, 0.05) is 5.41 Å². The minimum absolute atomic E-state index is 0.00912. The highest BCUT2D eigenvalue weighted by Crippen LogP contribution is 2.40. The second kappa shape index (κ2) is 4.35. The lowest BCUT2D eigenvalue weighted by Gasteiger charge is -2.19. The summed E-state index contributed by atoms with van der Waals surface area (Å²) in [7, 11) is 1.28. The number of furan rings is 1. The van der Waals surface area contributed by atoms with Crippen LogP contribution >= 0.6 is 0 Å². The zero-order valence-electron chi connectivity index (χ0n) is 10.1. The Bertz CT molecular complexity index is 438. The van der Waals surface area contributed by atoms with Crippen molar-refractivity contribution in [2.24, 2.45) is 5.41 Å². The number of methoxy groups -OCH3 is 1. The van der Waals surface area contributed by atoms with Crippen LogP contribution in [0.3, 0.4) is 0 Å². The fourth-order valence-corrected chi connectivity index (χ4v) is 2.35. The minimum atomic E-state index is -0.555. The summed E-state index contributed by atoms with van der Waals surface area (Å²) >= 11 is 0. The number of esters is 1. The summed E-state index contributed by atoms with van der Waals surface area (Å²) < 4.78 is 9.79. The molecule has 0 aromatic carbocycles. The van der Waals surface area contributed by atoms with E-state index in [1.54, 1.807) is 6.07 Å². The third kappa shape index (κ3) is 2.12. The van der Waals surface area contributed by atoms with Crippen molar-refractivity contribution in [1.82, 2.24) is 0 Å². The zero-order valence-corrected chi connectivity index (χ0v) is 10.1. The standard InChI is InChI=1S/C13H16O4/c1-13(7-3-4-8-13)11(14)9-5-6-10(17-9)12(15)16-2/h5-6H,3-4,7-8H2,1-2H3. The largest absolute Gasteiger partial charge is 0.463 e. The van der Waals surface area contributed by atoms with E-state index < -0.39 is 5.97 Å². The highest BCUT2D eigenvalue weighted by Gasteiger charge is 2.38. The zero-order chi connectivity index (χ0) is 12.5. The molecule has 0 aliphatic heterocycles. The van der Waals surface area contributed by atoms with Crippen LogP contribution in [-0.2, 0) is 4.74 Å². The minimum Gasteiger partial charge on any atom is -0.463 e. The van der Waals surface area contributed by atoms with Crippen molar-refractivity contribution in [3.8, 4) is 0 Å². The van der Waals surface area contributed by atoms with Gasteiger partial charge in [0.05, 0.1) is 7.11 Å². The molecule has 17 heavy (non-hydrogen) atoms. The quantitative estimate of drug-likeness (QED) is 0.598. The number of hydrogen-bond acceptors (Lipinski definition) is 4. The topological polar surface area (TPSA) is 56.5 Å². The molecule has 0 atom stereocenters. The molecule has 0 unspecified atom stereocenters. The first-order valence-electron chi connectivity index (χ1n) is 5.80. The number of carbonyl (C=O) groups excluding carboxylic acids is 2. The Morgan fingerprint density at radius 2 is 1.82 bits per heavy atom. The Balaban J connectivity index is 2.20. The van der Waals surface area contributed by atoms with Gasteiger partial charge in [-0.2, -0.15) is 0 Å². The Morgan fingerprint density at radius 1 is 1.24 bits per heavy atom. The predicted molar refractivity (Wildman–Crippen MR) is 61.0 cm³/mol. The van der Waals surface area contributed by atoms with Crippen molar-refractivity contribution in [2.45, 2.75) is 32.6 Å². The third-order valence-electron chi connectivity index (χ3n) is 3.47. The van der Waals surface area contributed by atoms with Crippen LogP contribution in [0.25, 0.3) is 0 Å². The van der Waals surface area contributed by atoms with Crippen LogP contribution in [0, 0.1) is 5.41 Å². The van der Waals surface area contributed by atoms with Crippen molar-refractivity contribution in [3.63, 3.8) is 0 Å². The van der Waals surface area contributed by atoms with Crippen molar-refractivity contribution < 1.29 is 18.7 Å². The molecule has 1 heterocycles. The van der Waals surface area contributed by atoms with Gasteiger partial charge in [-0.05, 0) is 25.0 Å². The number of Topliss-reactive ketones (excluding diaryl/α,β-unsaturated/α-hetero) is 1. The average Bonchev–Trinajstić information content (AvgIpc) is 2.96. The maximum Gasteiger partial charge on any atom is 0.373 e. The highest BCUT2D eigenvalue weighted by atomic mass is 16.5. The second-order valence-corrected chi connectivity index (χ2v) is 4.75. The van der Waals surface area contributed by atoms with Gasteiger partial charge >= 0.3 is 5.97 Å². The molecule has 0 saturated heterocycles. The normalized spacial score (nSPS) is 18.0. The molecule has 0 amide bonds. The molecule has 1 aromatic rings. The van der Waals surface area contributed by atoms with E-state index in [1.807, 2.05) is 6.92 Å². The number of rotatable bonds is 3. The van der Waals surface area contributed by atoms with Crippen LogP contribution < -0.4 is 0 Å². The SMILES string of the molecule is COC(=O)c1ccc(C(=O)C2(C)CCCC2)o1. The van der Waals surface area contributed by atoms with Crippen LogP contribution in [0.5, 0.6) is 0 Å². The molecule has 2 rings (SSSR count). The first kappa shape index (κ1) is 11.9. The van der Waals surface area contributed by atoms with Gasteiger partial charge in [-0.25, -0.2) is 4.79 Å². The van der Waals surface area contributed by atoms with Crippen molar-refractivity contribution in [2.75, 3.05) is 7.11 Å². The molecular formula is C13H16O4. The predicted octanol–water partition coefficient (Wildman–Crippen LogP) is 2.83. The lowest BCUT2D eigenvalue weighted by Crippen LogP contribution is -2.23. The van der Waals surface area contributed by atoms with E-state index in [2.05, 4.69) is 4.74 Å². The Hall–Kier alpha value is -1.58. The summed E-state index contributed by atoms with van der Waals surface area (Å²) in [5.41, 5.74) is -0.328. The van der Waals surface area contributed by atoms with Gasteiger partial charge in [-0.3, -0.25) is 4.79 Å². The van der Waals surface area contributed by atoms with Gasteiger partial charge in [0.25, 0.3) is 0 Å². The van der Waals surface area contributed by atoms with Crippen LogP contribution in [-0.4, -0.2) is 18.9 Å². The monoisotopic (exact) mass is 236 g/mol. The number of ether oxygens (including phenoxy) is 1. The molecule has 1 aromatic heterocycles. The molecule has 4 nitrogen and oxygen atoms in total. The summed E-state index contributed by atoms with van der Waals surface area (Å²) in [5.74, 6) is -0.224. The number of carbonyl (C=O) groups is 2. The molecular weight excluding hydrogens is 220 g/mol. The molecule has 1 aliphatic carbocycles. The van der Waals surface area contributed by atoms with Gasteiger partial charge < -0.3 is 9.15 Å². The molecule has 0 N–H and O–H groups in total. The van der Waals surface area contributed by atoms with E-state index in [1.165, 1.54) is 13.2 Å². The van der Waals surface area contributed by atoms with Gasteiger partial charge in [-0.15, -0.1) is 0 Å². The molecule has 0 bridgehead atoms. The fraction of sp³-hybridized carbons (Fsp3) is 0.538. The number of hydrogen-bond donors (Lipinski definition) is 0. The van der Waals surface area contributed by atoms with Crippen LogP contribution in [0.15, 0.2) is 16.5 Å². The van der Waals surface area contributed by atoms with E-state index >= 15 is 0 Å². The fourth-order valence-electron chi connectivity index (χ4n) is 2.35. The first-order valence-corrected chi connectivity index (χ1v) is 5.80. The van der Waals surface area contributed by atoms with Crippen LogP contribution in [0.2, 0.25) is 0 Å². The Labute approximate surface area is 99.9 Å². The van der Waals surface area contributed by atoms with Gasteiger partial charge in [0.1, 0.15) is 0 Å². The van der Waals surface area contributed by atoms with Crippen LogP contribution in [0.1, 0.15) is 53.7 Å². The Morgan fingerprint density at radius 3 is 2.41 bits per heavy atom.